The van der Waals surface area contributed by atoms with Crippen LogP contribution in [0.4, 0.5) is 0 Å². The van der Waals surface area contributed by atoms with E-state index in [0.717, 1.165) is 30.4 Å². The summed E-state index contributed by atoms with van der Waals surface area (Å²) in [4.78, 5) is 11.9. The Bertz CT molecular complexity index is 376. The molecule has 0 bridgehead atoms. The van der Waals surface area contributed by atoms with Crippen LogP contribution in [-0.2, 0) is 4.79 Å². The summed E-state index contributed by atoms with van der Waals surface area (Å²) in [5.74, 6) is 0.554. The summed E-state index contributed by atoms with van der Waals surface area (Å²) in [6.07, 6.45) is 5.17. The third-order valence-corrected chi connectivity index (χ3v) is 2.99. The molecule has 0 unspecified atom stereocenters. The average molecular weight is 200 g/mol. The van der Waals surface area contributed by atoms with Gasteiger partial charge in [-0.2, -0.15) is 0 Å². The highest BCUT2D eigenvalue weighted by atomic mass is 16.1. The van der Waals surface area contributed by atoms with Crippen LogP contribution in [0.2, 0.25) is 0 Å². The summed E-state index contributed by atoms with van der Waals surface area (Å²) in [6, 6.07) is 10.1. The fourth-order valence-corrected chi connectivity index (χ4v) is 2.06. The smallest absolute Gasteiger partial charge is 0.161 e. The molecule has 1 aliphatic carbocycles. The number of carbonyl (C=O) groups excluding carboxylic acids is 1. The molecule has 1 atom stereocenters. The Balaban J connectivity index is 2.23. The van der Waals surface area contributed by atoms with Gasteiger partial charge in [0.15, 0.2) is 5.78 Å². The van der Waals surface area contributed by atoms with Crippen LogP contribution in [0, 0.1) is 5.92 Å². The first-order valence-electron chi connectivity index (χ1n) is 5.57. The molecule has 0 heterocycles. The first-order valence-corrected chi connectivity index (χ1v) is 5.57. The molecular weight excluding hydrogens is 184 g/mol. The van der Waals surface area contributed by atoms with Crippen LogP contribution < -0.4 is 0 Å². The number of rotatable bonds is 1. The van der Waals surface area contributed by atoms with Gasteiger partial charge in [0.25, 0.3) is 0 Å². The maximum Gasteiger partial charge on any atom is 0.161 e. The number of carbonyl (C=O) groups is 1. The minimum atomic E-state index is 0.216. The van der Waals surface area contributed by atoms with E-state index in [1.54, 1.807) is 0 Å². The molecule has 2 rings (SSSR count). The topological polar surface area (TPSA) is 17.1 Å². The Kier molecular flexibility index (Phi) is 3.00. The zero-order valence-corrected chi connectivity index (χ0v) is 9.07. The van der Waals surface area contributed by atoms with Crippen molar-refractivity contribution in [1.29, 1.82) is 0 Å². The van der Waals surface area contributed by atoms with Gasteiger partial charge in [-0.05, 0) is 36.5 Å². The first-order chi connectivity index (χ1) is 7.27. The Morgan fingerprint density at radius 1 is 1.27 bits per heavy atom. The van der Waals surface area contributed by atoms with E-state index in [-0.39, 0.29) is 5.92 Å². The minimum Gasteiger partial charge on any atom is -0.294 e. The highest BCUT2D eigenvalue weighted by Crippen LogP contribution is 2.26. The lowest BCUT2D eigenvalue weighted by Crippen LogP contribution is -2.18. The molecule has 0 saturated heterocycles. The third-order valence-electron chi connectivity index (χ3n) is 2.99. The molecule has 78 valence electrons. The zero-order valence-electron chi connectivity index (χ0n) is 9.07. The van der Waals surface area contributed by atoms with Crippen molar-refractivity contribution < 1.29 is 4.79 Å². The lowest BCUT2D eigenvalue weighted by Gasteiger charge is -2.19. The predicted molar refractivity (Wildman–Crippen MR) is 62.4 cm³/mol. The summed E-state index contributed by atoms with van der Waals surface area (Å²) in [7, 11) is 0. The van der Waals surface area contributed by atoms with Crippen LogP contribution >= 0.6 is 0 Å². The van der Waals surface area contributed by atoms with Crippen molar-refractivity contribution in [1.82, 2.24) is 0 Å². The van der Waals surface area contributed by atoms with Gasteiger partial charge in [-0.25, -0.2) is 0 Å². The normalized spacial score (nSPS) is 24.5. The molecular formula is C14H16O. The molecule has 0 aliphatic heterocycles. The van der Waals surface area contributed by atoms with Crippen molar-refractivity contribution in [2.24, 2.45) is 5.92 Å². The number of benzene rings is 1. The molecule has 1 aromatic rings. The molecule has 1 saturated carbocycles. The molecule has 1 aliphatic rings. The standard InChI is InChI=1S/C14H16O/c1-11-6-5-9-13(14(11)15)10-12-7-3-2-4-8-12/h2-4,7-8,10-11H,5-6,9H2,1H3/b13-10+/t11-/m0/s1. The SMILES string of the molecule is C[C@H]1CCC/C(=C\c2ccccc2)C1=O. The highest BCUT2D eigenvalue weighted by Gasteiger charge is 2.21. The second-order valence-electron chi connectivity index (χ2n) is 4.24. The Morgan fingerprint density at radius 3 is 2.73 bits per heavy atom. The largest absolute Gasteiger partial charge is 0.294 e. The molecule has 0 N–H and O–H groups in total. The number of ketones is 1. The second kappa shape index (κ2) is 4.43. The molecule has 0 amide bonds. The van der Waals surface area contributed by atoms with Crippen molar-refractivity contribution in [3.63, 3.8) is 0 Å². The van der Waals surface area contributed by atoms with E-state index in [1.807, 2.05) is 43.3 Å². The molecule has 1 heteroatoms. The zero-order chi connectivity index (χ0) is 10.7. The highest BCUT2D eigenvalue weighted by molar-refractivity contribution is 6.01. The van der Waals surface area contributed by atoms with Crippen molar-refractivity contribution in [3.8, 4) is 0 Å². The molecule has 1 nitrogen and oxygen atoms in total. The number of Topliss-reactive ketones (excluding diaryl/α,β-unsaturated/α-hetero) is 1. The van der Waals surface area contributed by atoms with Gasteiger partial charge in [0.2, 0.25) is 0 Å². The summed E-state index contributed by atoms with van der Waals surface area (Å²) in [6.45, 7) is 2.03. The number of hydrogen-bond donors (Lipinski definition) is 0. The van der Waals surface area contributed by atoms with Crippen LogP contribution in [0.5, 0.6) is 0 Å². The van der Waals surface area contributed by atoms with E-state index in [1.165, 1.54) is 0 Å². The maximum absolute atomic E-state index is 11.9. The van der Waals surface area contributed by atoms with E-state index in [0.29, 0.717) is 5.78 Å². The molecule has 0 aromatic heterocycles. The fourth-order valence-electron chi connectivity index (χ4n) is 2.06. The number of allylic oxidation sites excluding steroid dienone is 1. The summed E-state index contributed by atoms with van der Waals surface area (Å²) in [5.41, 5.74) is 2.13. The van der Waals surface area contributed by atoms with Crippen LogP contribution in [0.1, 0.15) is 31.7 Å². The van der Waals surface area contributed by atoms with Crippen molar-refractivity contribution >= 4 is 11.9 Å². The fraction of sp³-hybridized carbons (Fsp3) is 0.357. The van der Waals surface area contributed by atoms with Crippen LogP contribution in [0.3, 0.4) is 0 Å². The first kappa shape index (κ1) is 10.2. The Hall–Kier alpha value is -1.37. The van der Waals surface area contributed by atoms with Crippen LogP contribution in [0.25, 0.3) is 6.08 Å². The average Bonchev–Trinajstić information content (AvgIpc) is 2.26. The molecule has 15 heavy (non-hydrogen) atoms. The van der Waals surface area contributed by atoms with Gasteiger partial charge in [0, 0.05) is 5.92 Å². The van der Waals surface area contributed by atoms with E-state index in [4.69, 9.17) is 0 Å². The van der Waals surface area contributed by atoms with E-state index in [2.05, 4.69) is 0 Å². The minimum absolute atomic E-state index is 0.216. The lowest BCUT2D eigenvalue weighted by molar-refractivity contribution is -0.119. The van der Waals surface area contributed by atoms with Gasteiger partial charge in [-0.3, -0.25) is 4.79 Å². The van der Waals surface area contributed by atoms with Crippen LogP contribution in [0.15, 0.2) is 35.9 Å². The molecule has 1 aromatic carbocycles. The number of hydrogen-bond acceptors (Lipinski definition) is 1. The maximum atomic E-state index is 11.9. The van der Waals surface area contributed by atoms with E-state index in [9.17, 15) is 4.79 Å². The summed E-state index contributed by atoms with van der Waals surface area (Å²) >= 11 is 0. The second-order valence-corrected chi connectivity index (χ2v) is 4.24. The third kappa shape index (κ3) is 2.35. The lowest BCUT2D eigenvalue weighted by atomic mass is 9.84. The van der Waals surface area contributed by atoms with E-state index >= 15 is 0 Å². The monoisotopic (exact) mass is 200 g/mol. The Morgan fingerprint density at radius 2 is 2.00 bits per heavy atom. The molecule has 0 radical (unpaired) electrons. The summed E-state index contributed by atoms with van der Waals surface area (Å²) < 4.78 is 0. The van der Waals surface area contributed by atoms with Gasteiger partial charge in [0.1, 0.15) is 0 Å². The predicted octanol–water partition coefficient (Wildman–Crippen LogP) is 3.46. The van der Waals surface area contributed by atoms with Gasteiger partial charge in [-0.15, -0.1) is 0 Å². The van der Waals surface area contributed by atoms with Crippen molar-refractivity contribution in [2.45, 2.75) is 26.2 Å². The van der Waals surface area contributed by atoms with Gasteiger partial charge in [-0.1, -0.05) is 37.3 Å². The quantitative estimate of drug-likeness (QED) is 0.634. The molecule has 1 fully saturated rings. The van der Waals surface area contributed by atoms with Gasteiger partial charge in [0.05, 0.1) is 0 Å². The van der Waals surface area contributed by atoms with Crippen molar-refractivity contribution in [2.75, 3.05) is 0 Å². The van der Waals surface area contributed by atoms with E-state index < -0.39 is 0 Å². The van der Waals surface area contributed by atoms with Crippen LogP contribution in [-0.4, -0.2) is 5.78 Å². The summed E-state index contributed by atoms with van der Waals surface area (Å²) in [5, 5.41) is 0. The van der Waals surface area contributed by atoms with Gasteiger partial charge >= 0.3 is 0 Å². The van der Waals surface area contributed by atoms with Crippen molar-refractivity contribution in [3.05, 3.63) is 41.5 Å². The molecule has 0 spiro atoms. The van der Waals surface area contributed by atoms with Gasteiger partial charge < -0.3 is 0 Å². The Labute approximate surface area is 90.8 Å².